The molecule has 0 amide bonds. The summed E-state index contributed by atoms with van der Waals surface area (Å²) >= 11 is 3.46. The lowest BCUT2D eigenvalue weighted by molar-refractivity contribution is 0.271. The van der Waals surface area contributed by atoms with Gasteiger partial charge in [0, 0.05) is 17.5 Å². The third kappa shape index (κ3) is 2.44. The van der Waals surface area contributed by atoms with E-state index in [0.717, 1.165) is 32.5 Å². The van der Waals surface area contributed by atoms with Gasteiger partial charge in [-0.3, -0.25) is 0 Å². The summed E-state index contributed by atoms with van der Waals surface area (Å²) < 4.78 is 12.6. The summed E-state index contributed by atoms with van der Waals surface area (Å²) in [4.78, 5) is 0. The number of fused-ring (bicyclic) bond motifs is 1. The first-order chi connectivity index (χ1) is 9.79. The molecule has 3 nitrogen and oxygen atoms in total. The molecular formula is C16H14BrNO2. The van der Waals surface area contributed by atoms with Crippen LogP contribution in [0.1, 0.15) is 11.3 Å². The number of benzene rings is 2. The van der Waals surface area contributed by atoms with Gasteiger partial charge in [0.1, 0.15) is 23.7 Å². The first-order valence-corrected chi connectivity index (χ1v) is 7.15. The van der Waals surface area contributed by atoms with E-state index >= 15 is 0 Å². The van der Waals surface area contributed by atoms with Crippen molar-refractivity contribution in [3.05, 3.63) is 64.3 Å². The van der Waals surface area contributed by atoms with Crippen molar-refractivity contribution in [3.8, 4) is 5.75 Å². The van der Waals surface area contributed by atoms with E-state index < -0.39 is 0 Å². The van der Waals surface area contributed by atoms with Crippen LogP contribution < -0.4 is 10.5 Å². The number of hydrogen-bond acceptors (Lipinski definition) is 3. The fraction of sp³-hybridized carbons (Fsp3) is 0.125. The minimum absolute atomic E-state index is 0.365. The fourth-order valence-corrected chi connectivity index (χ4v) is 2.59. The molecule has 0 bridgehead atoms. The van der Waals surface area contributed by atoms with Gasteiger partial charge in [0.2, 0.25) is 0 Å². The molecule has 3 aromatic rings. The van der Waals surface area contributed by atoms with Gasteiger partial charge in [-0.05, 0) is 34.1 Å². The summed E-state index contributed by atoms with van der Waals surface area (Å²) in [5.41, 5.74) is 7.69. The Hall–Kier alpha value is -1.78. The highest BCUT2D eigenvalue weighted by Crippen LogP contribution is 2.28. The Morgan fingerprint density at radius 1 is 1.05 bits per heavy atom. The average Bonchev–Trinajstić information content (AvgIpc) is 2.84. The van der Waals surface area contributed by atoms with Crippen LogP contribution in [0.5, 0.6) is 5.75 Å². The fourth-order valence-electron chi connectivity index (χ4n) is 2.19. The van der Waals surface area contributed by atoms with Crippen LogP contribution in [-0.4, -0.2) is 0 Å². The zero-order valence-electron chi connectivity index (χ0n) is 10.8. The summed E-state index contributed by atoms with van der Waals surface area (Å²) in [7, 11) is 0. The molecular weight excluding hydrogens is 318 g/mol. The van der Waals surface area contributed by atoms with Gasteiger partial charge in [-0.1, -0.05) is 30.3 Å². The number of nitrogens with two attached hydrogens (primary N) is 1. The molecule has 0 spiro atoms. The lowest BCUT2D eigenvalue weighted by atomic mass is 10.1. The number of para-hydroxylation sites is 2. The Bertz CT molecular complexity index is 736. The predicted molar refractivity (Wildman–Crippen MR) is 82.6 cm³/mol. The molecule has 0 radical (unpaired) electrons. The lowest BCUT2D eigenvalue weighted by Crippen LogP contribution is -2.02. The second kappa shape index (κ2) is 5.69. The van der Waals surface area contributed by atoms with Gasteiger partial charge in [-0.2, -0.15) is 0 Å². The van der Waals surface area contributed by atoms with Crippen molar-refractivity contribution < 1.29 is 9.15 Å². The van der Waals surface area contributed by atoms with Crippen LogP contribution in [0.4, 0.5) is 0 Å². The van der Waals surface area contributed by atoms with Crippen molar-refractivity contribution in [1.82, 2.24) is 0 Å². The highest BCUT2D eigenvalue weighted by atomic mass is 79.9. The van der Waals surface area contributed by atoms with E-state index in [2.05, 4.69) is 15.9 Å². The normalized spacial score (nSPS) is 10.9. The lowest BCUT2D eigenvalue weighted by Gasteiger charge is -2.07. The van der Waals surface area contributed by atoms with E-state index in [1.165, 1.54) is 0 Å². The molecule has 4 heteroatoms. The molecule has 0 atom stereocenters. The number of rotatable bonds is 4. The van der Waals surface area contributed by atoms with Gasteiger partial charge in [-0.25, -0.2) is 0 Å². The largest absolute Gasteiger partial charge is 0.484 e. The molecule has 2 aromatic carbocycles. The van der Waals surface area contributed by atoms with E-state index in [-0.39, 0.29) is 0 Å². The number of halogens is 1. The van der Waals surface area contributed by atoms with Crippen LogP contribution in [0.15, 0.2) is 57.4 Å². The maximum atomic E-state index is 5.84. The van der Waals surface area contributed by atoms with Gasteiger partial charge < -0.3 is 14.9 Å². The molecule has 2 N–H and O–H groups in total. The van der Waals surface area contributed by atoms with Crippen LogP contribution >= 0.6 is 15.9 Å². The number of furan rings is 1. The molecule has 102 valence electrons. The van der Waals surface area contributed by atoms with Crippen molar-refractivity contribution in [2.24, 2.45) is 5.73 Å². The molecule has 3 rings (SSSR count). The monoisotopic (exact) mass is 331 g/mol. The zero-order chi connectivity index (χ0) is 13.9. The van der Waals surface area contributed by atoms with Gasteiger partial charge in [0.05, 0.1) is 4.47 Å². The van der Waals surface area contributed by atoms with Crippen LogP contribution in [0.25, 0.3) is 11.0 Å². The summed E-state index contributed by atoms with van der Waals surface area (Å²) in [6, 6.07) is 15.6. The summed E-state index contributed by atoms with van der Waals surface area (Å²) in [6.45, 7) is 0.801. The number of ether oxygens (including phenoxy) is 1. The molecule has 0 aliphatic carbocycles. The summed E-state index contributed by atoms with van der Waals surface area (Å²) in [6.07, 6.45) is 0. The molecule has 0 unspecified atom stereocenters. The molecule has 1 aromatic heterocycles. The van der Waals surface area contributed by atoms with E-state index in [0.29, 0.717) is 13.2 Å². The molecule has 0 aliphatic heterocycles. The van der Waals surface area contributed by atoms with Gasteiger partial charge in [-0.15, -0.1) is 0 Å². The SMILES string of the molecule is NCc1c(COc2ccccc2Br)oc2ccccc12. The Kier molecular flexibility index (Phi) is 3.76. The predicted octanol–water partition coefficient (Wildman–Crippen LogP) is 4.23. The van der Waals surface area contributed by atoms with Crippen LogP contribution in [0, 0.1) is 0 Å². The maximum absolute atomic E-state index is 5.84. The standard InChI is InChI=1S/C16H14BrNO2/c17-13-6-2-4-8-15(13)19-10-16-12(9-18)11-5-1-3-7-14(11)20-16/h1-8H,9-10,18H2. The maximum Gasteiger partial charge on any atom is 0.147 e. The Labute approximate surface area is 125 Å². The number of hydrogen-bond donors (Lipinski definition) is 1. The topological polar surface area (TPSA) is 48.4 Å². The first kappa shape index (κ1) is 13.2. The van der Waals surface area contributed by atoms with E-state index in [1.54, 1.807) is 0 Å². The molecule has 20 heavy (non-hydrogen) atoms. The van der Waals surface area contributed by atoms with Gasteiger partial charge >= 0.3 is 0 Å². The molecule has 0 fully saturated rings. The smallest absolute Gasteiger partial charge is 0.147 e. The Balaban J connectivity index is 1.89. The average molecular weight is 332 g/mol. The quantitative estimate of drug-likeness (QED) is 0.778. The van der Waals surface area contributed by atoms with Crippen molar-refractivity contribution in [2.45, 2.75) is 13.2 Å². The minimum atomic E-state index is 0.365. The molecule has 0 saturated heterocycles. The van der Waals surface area contributed by atoms with Crippen molar-refractivity contribution >= 4 is 26.9 Å². The zero-order valence-corrected chi connectivity index (χ0v) is 12.4. The van der Waals surface area contributed by atoms with Crippen molar-refractivity contribution in [2.75, 3.05) is 0 Å². The van der Waals surface area contributed by atoms with Crippen LogP contribution in [0.2, 0.25) is 0 Å². The highest BCUT2D eigenvalue weighted by molar-refractivity contribution is 9.10. The Morgan fingerprint density at radius 2 is 1.80 bits per heavy atom. The minimum Gasteiger partial charge on any atom is -0.484 e. The third-order valence-corrected chi connectivity index (χ3v) is 3.84. The molecule has 0 aliphatic rings. The van der Waals surface area contributed by atoms with Crippen molar-refractivity contribution in [1.29, 1.82) is 0 Å². The molecule has 1 heterocycles. The first-order valence-electron chi connectivity index (χ1n) is 6.36. The second-order valence-corrected chi connectivity index (χ2v) is 5.28. The van der Waals surface area contributed by atoms with Crippen LogP contribution in [0.3, 0.4) is 0 Å². The van der Waals surface area contributed by atoms with Crippen molar-refractivity contribution in [3.63, 3.8) is 0 Å². The van der Waals surface area contributed by atoms with Gasteiger partial charge in [0.25, 0.3) is 0 Å². The van der Waals surface area contributed by atoms with E-state index in [4.69, 9.17) is 14.9 Å². The van der Waals surface area contributed by atoms with Crippen LogP contribution in [-0.2, 0) is 13.2 Å². The van der Waals surface area contributed by atoms with E-state index in [9.17, 15) is 0 Å². The summed E-state index contributed by atoms with van der Waals surface area (Å²) in [5.74, 6) is 1.57. The molecule has 0 saturated carbocycles. The van der Waals surface area contributed by atoms with Gasteiger partial charge in [0.15, 0.2) is 0 Å². The Morgan fingerprint density at radius 3 is 2.60 bits per heavy atom. The second-order valence-electron chi connectivity index (χ2n) is 4.42. The summed E-state index contributed by atoms with van der Waals surface area (Å²) in [5, 5.41) is 1.06. The van der Waals surface area contributed by atoms with E-state index in [1.807, 2.05) is 48.5 Å². The third-order valence-electron chi connectivity index (χ3n) is 3.18. The highest BCUT2D eigenvalue weighted by Gasteiger charge is 2.13.